The highest BCUT2D eigenvalue weighted by molar-refractivity contribution is 7.90. The number of hydrogen-bond donors (Lipinski definition) is 1. The molecule has 27 heavy (non-hydrogen) atoms. The minimum Gasteiger partial charge on any atom is -0.492 e. The first-order valence-electron chi connectivity index (χ1n) is 8.61. The fourth-order valence-corrected chi connectivity index (χ4v) is 4.24. The Morgan fingerprint density at radius 1 is 1.19 bits per heavy atom. The number of benzene rings is 2. The predicted molar refractivity (Wildman–Crippen MR) is 100.0 cm³/mol. The number of halogens is 2. The van der Waals surface area contributed by atoms with E-state index < -0.39 is 27.3 Å². The van der Waals surface area contributed by atoms with E-state index in [4.69, 9.17) is 16.3 Å². The summed E-state index contributed by atoms with van der Waals surface area (Å²) in [6.07, 6.45) is 4.45. The van der Waals surface area contributed by atoms with Gasteiger partial charge in [-0.25, -0.2) is 17.5 Å². The average Bonchev–Trinajstić information content (AvgIpc) is 3.16. The summed E-state index contributed by atoms with van der Waals surface area (Å²) in [5.74, 6) is -1.44. The fraction of sp³-hybridized carbons (Fsp3) is 0.316. The van der Waals surface area contributed by atoms with Crippen molar-refractivity contribution in [2.24, 2.45) is 5.92 Å². The summed E-state index contributed by atoms with van der Waals surface area (Å²) in [4.78, 5) is 12.2. The fourth-order valence-electron chi connectivity index (χ4n) is 3.03. The van der Waals surface area contributed by atoms with E-state index in [1.54, 1.807) is 6.07 Å². The zero-order valence-corrected chi connectivity index (χ0v) is 16.0. The van der Waals surface area contributed by atoms with Crippen LogP contribution in [-0.4, -0.2) is 20.9 Å². The third-order valence-electron chi connectivity index (χ3n) is 4.50. The first-order chi connectivity index (χ1) is 12.9. The summed E-state index contributed by atoms with van der Waals surface area (Å²) in [5, 5.41) is 0.0525. The van der Waals surface area contributed by atoms with Crippen LogP contribution in [0, 0.1) is 11.7 Å². The minimum atomic E-state index is -4.11. The van der Waals surface area contributed by atoms with Crippen LogP contribution in [0.5, 0.6) is 5.75 Å². The molecule has 0 aromatic heterocycles. The highest BCUT2D eigenvalue weighted by Gasteiger charge is 2.23. The topological polar surface area (TPSA) is 72.5 Å². The van der Waals surface area contributed by atoms with Gasteiger partial charge in [-0.3, -0.25) is 4.79 Å². The first kappa shape index (κ1) is 19.6. The standard InChI is InChI=1S/C19H19ClFNO4S/c20-16-10-15(17(21)11-18(16)26-12-13-6-4-5-7-13)19(23)22-27(24,25)14-8-2-1-3-9-14/h1-3,8-11,13H,4-7,12H2,(H,22,23). The van der Waals surface area contributed by atoms with Crippen LogP contribution in [-0.2, 0) is 10.0 Å². The molecule has 0 unspecified atom stereocenters. The molecule has 0 aliphatic heterocycles. The van der Waals surface area contributed by atoms with Gasteiger partial charge in [-0.2, -0.15) is 0 Å². The molecule has 1 saturated carbocycles. The van der Waals surface area contributed by atoms with Gasteiger partial charge in [0.15, 0.2) is 0 Å². The summed E-state index contributed by atoms with van der Waals surface area (Å²) < 4.78 is 46.2. The Bertz CT molecular complexity index is 928. The number of hydrogen-bond acceptors (Lipinski definition) is 4. The summed E-state index contributed by atoms with van der Waals surface area (Å²) in [5.41, 5.74) is -0.465. The molecule has 0 heterocycles. The number of amides is 1. The molecule has 2 aromatic rings. The Labute approximate surface area is 162 Å². The van der Waals surface area contributed by atoms with Gasteiger partial charge in [-0.05, 0) is 37.0 Å². The van der Waals surface area contributed by atoms with Gasteiger partial charge in [0.1, 0.15) is 11.6 Å². The Morgan fingerprint density at radius 3 is 2.52 bits per heavy atom. The Morgan fingerprint density at radius 2 is 1.85 bits per heavy atom. The molecule has 0 bridgehead atoms. The molecule has 1 amide bonds. The van der Waals surface area contributed by atoms with Crippen molar-refractivity contribution in [3.63, 3.8) is 0 Å². The van der Waals surface area contributed by atoms with E-state index in [2.05, 4.69) is 0 Å². The molecular weight excluding hydrogens is 393 g/mol. The molecule has 8 heteroatoms. The van der Waals surface area contributed by atoms with Crippen LogP contribution >= 0.6 is 11.6 Å². The third-order valence-corrected chi connectivity index (χ3v) is 6.14. The number of rotatable bonds is 6. The van der Waals surface area contributed by atoms with E-state index in [9.17, 15) is 17.6 Å². The molecule has 1 aliphatic carbocycles. The first-order valence-corrected chi connectivity index (χ1v) is 10.5. The van der Waals surface area contributed by atoms with E-state index in [1.807, 2.05) is 4.72 Å². The Kier molecular flexibility index (Phi) is 6.01. The maximum atomic E-state index is 14.4. The largest absolute Gasteiger partial charge is 0.492 e. The average molecular weight is 412 g/mol. The van der Waals surface area contributed by atoms with Crippen molar-refractivity contribution >= 4 is 27.5 Å². The molecule has 0 radical (unpaired) electrons. The zero-order valence-electron chi connectivity index (χ0n) is 14.5. The number of carbonyl (C=O) groups excluding carboxylic acids is 1. The van der Waals surface area contributed by atoms with E-state index in [0.717, 1.165) is 37.8 Å². The van der Waals surface area contributed by atoms with E-state index in [0.29, 0.717) is 12.5 Å². The molecule has 1 N–H and O–H groups in total. The molecule has 0 atom stereocenters. The maximum absolute atomic E-state index is 14.4. The second kappa shape index (κ2) is 8.27. The summed E-state index contributed by atoms with van der Waals surface area (Å²) in [6.45, 7) is 0.438. The van der Waals surface area contributed by atoms with Crippen LogP contribution < -0.4 is 9.46 Å². The molecule has 1 fully saturated rings. The van der Waals surface area contributed by atoms with Gasteiger partial charge in [0, 0.05) is 6.07 Å². The molecule has 3 rings (SSSR count). The van der Waals surface area contributed by atoms with Crippen molar-refractivity contribution in [2.75, 3.05) is 6.61 Å². The number of ether oxygens (including phenoxy) is 1. The molecule has 144 valence electrons. The molecule has 2 aromatic carbocycles. The van der Waals surface area contributed by atoms with Crippen molar-refractivity contribution in [1.82, 2.24) is 4.72 Å². The molecule has 0 spiro atoms. The van der Waals surface area contributed by atoms with Crippen LogP contribution in [0.3, 0.4) is 0 Å². The Hall–Kier alpha value is -2.12. The van der Waals surface area contributed by atoms with Gasteiger partial charge in [0.25, 0.3) is 15.9 Å². The number of nitrogens with one attached hydrogen (secondary N) is 1. The highest BCUT2D eigenvalue weighted by Crippen LogP contribution is 2.31. The highest BCUT2D eigenvalue weighted by atomic mass is 35.5. The lowest BCUT2D eigenvalue weighted by Gasteiger charge is -2.14. The molecular formula is C19H19ClFNO4S. The van der Waals surface area contributed by atoms with Crippen LogP contribution in [0.25, 0.3) is 0 Å². The van der Waals surface area contributed by atoms with Gasteiger partial charge in [-0.15, -0.1) is 0 Å². The van der Waals surface area contributed by atoms with Crippen molar-refractivity contribution in [3.8, 4) is 5.75 Å². The van der Waals surface area contributed by atoms with Gasteiger partial charge in [-0.1, -0.05) is 42.6 Å². The van der Waals surface area contributed by atoms with Gasteiger partial charge < -0.3 is 4.74 Å². The summed E-state index contributed by atoms with van der Waals surface area (Å²) in [7, 11) is -4.11. The lowest BCUT2D eigenvalue weighted by atomic mass is 10.1. The van der Waals surface area contributed by atoms with Crippen LogP contribution in [0.1, 0.15) is 36.0 Å². The number of carbonyl (C=O) groups is 1. The van der Waals surface area contributed by atoms with Crippen molar-refractivity contribution in [2.45, 2.75) is 30.6 Å². The predicted octanol–water partition coefficient (Wildman–Crippen LogP) is 4.17. The lowest BCUT2D eigenvalue weighted by Crippen LogP contribution is -2.31. The zero-order chi connectivity index (χ0) is 19.4. The van der Waals surface area contributed by atoms with E-state index in [-0.39, 0.29) is 15.7 Å². The van der Waals surface area contributed by atoms with Crippen LogP contribution in [0.15, 0.2) is 47.4 Å². The second-order valence-corrected chi connectivity index (χ2v) is 8.56. The van der Waals surface area contributed by atoms with E-state index in [1.165, 1.54) is 24.3 Å². The summed E-state index contributed by atoms with van der Waals surface area (Å²) in [6, 6.07) is 9.44. The summed E-state index contributed by atoms with van der Waals surface area (Å²) >= 11 is 6.10. The lowest BCUT2D eigenvalue weighted by molar-refractivity contribution is 0.0977. The Balaban J connectivity index is 1.74. The maximum Gasteiger partial charge on any atom is 0.268 e. The SMILES string of the molecule is O=C(NS(=O)(=O)c1ccccc1)c1cc(Cl)c(OCC2CCCC2)cc1F. The van der Waals surface area contributed by atoms with Gasteiger partial charge in [0.05, 0.1) is 22.1 Å². The van der Waals surface area contributed by atoms with Crippen molar-refractivity contribution in [1.29, 1.82) is 0 Å². The number of sulfonamides is 1. The van der Waals surface area contributed by atoms with Gasteiger partial charge >= 0.3 is 0 Å². The van der Waals surface area contributed by atoms with E-state index >= 15 is 0 Å². The van der Waals surface area contributed by atoms with Crippen LogP contribution in [0.2, 0.25) is 5.02 Å². The minimum absolute atomic E-state index is 0.0525. The molecule has 0 saturated heterocycles. The van der Waals surface area contributed by atoms with Gasteiger partial charge in [0.2, 0.25) is 0 Å². The molecule has 5 nitrogen and oxygen atoms in total. The molecule has 1 aliphatic rings. The van der Waals surface area contributed by atoms with Crippen molar-refractivity contribution < 1.29 is 22.3 Å². The second-order valence-electron chi connectivity index (χ2n) is 6.47. The van der Waals surface area contributed by atoms with Crippen molar-refractivity contribution in [3.05, 3.63) is 58.9 Å². The normalized spacial score (nSPS) is 14.9. The quantitative estimate of drug-likeness (QED) is 0.774. The monoisotopic (exact) mass is 411 g/mol. The third kappa shape index (κ3) is 4.78. The van der Waals surface area contributed by atoms with Crippen LogP contribution in [0.4, 0.5) is 4.39 Å². The smallest absolute Gasteiger partial charge is 0.268 e.